The van der Waals surface area contributed by atoms with Crippen LogP contribution in [0.2, 0.25) is 0 Å². The van der Waals surface area contributed by atoms with E-state index in [4.69, 9.17) is 5.11 Å². The van der Waals surface area contributed by atoms with Crippen LogP contribution < -0.4 is 4.90 Å². The molecule has 0 saturated heterocycles. The molecule has 19 heavy (non-hydrogen) atoms. The van der Waals surface area contributed by atoms with Crippen molar-refractivity contribution in [1.82, 2.24) is 9.97 Å². The van der Waals surface area contributed by atoms with E-state index in [1.165, 1.54) is 0 Å². The van der Waals surface area contributed by atoms with E-state index in [0.29, 0.717) is 5.82 Å². The normalized spacial score (nSPS) is 10.5. The predicted molar refractivity (Wildman–Crippen MR) is 74.4 cm³/mol. The van der Waals surface area contributed by atoms with Crippen LogP contribution in [0.3, 0.4) is 0 Å². The SMILES string of the molecule is Cc1[nH]c(CC(=O)O)nc1-c1ccc(N(C)C)cc1. The van der Waals surface area contributed by atoms with Gasteiger partial charge in [-0.15, -0.1) is 0 Å². The summed E-state index contributed by atoms with van der Waals surface area (Å²) in [5, 5.41) is 8.77. The molecule has 0 aliphatic heterocycles. The number of carboxylic acids is 1. The van der Waals surface area contributed by atoms with Gasteiger partial charge in [-0.1, -0.05) is 12.1 Å². The predicted octanol–water partition coefficient (Wildman–Crippen LogP) is 2.08. The fraction of sp³-hybridized carbons (Fsp3) is 0.286. The maximum Gasteiger partial charge on any atom is 0.311 e. The molecule has 0 unspecified atom stereocenters. The van der Waals surface area contributed by atoms with Crippen molar-refractivity contribution in [3.8, 4) is 11.3 Å². The number of carboxylic acid groups (broad SMARTS) is 1. The zero-order valence-electron chi connectivity index (χ0n) is 11.3. The van der Waals surface area contributed by atoms with Crippen molar-refractivity contribution in [1.29, 1.82) is 0 Å². The molecule has 1 aromatic heterocycles. The van der Waals surface area contributed by atoms with Crippen LogP contribution in [-0.4, -0.2) is 35.1 Å². The molecule has 0 atom stereocenters. The van der Waals surface area contributed by atoms with E-state index in [2.05, 4.69) is 9.97 Å². The molecule has 5 heteroatoms. The van der Waals surface area contributed by atoms with Gasteiger partial charge in [0.15, 0.2) is 0 Å². The lowest BCUT2D eigenvalue weighted by Crippen LogP contribution is -2.07. The third-order valence-corrected chi connectivity index (χ3v) is 2.91. The van der Waals surface area contributed by atoms with E-state index >= 15 is 0 Å². The van der Waals surface area contributed by atoms with Crippen molar-refractivity contribution in [3.05, 3.63) is 35.8 Å². The van der Waals surface area contributed by atoms with Crippen LogP contribution in [0.4, 0.5) is 5.69 Å². The average Bonchev–Trinajstić information content (AvgIpc) is 2.69. The number of nitrogens with zero attached hydrogens (tertiary/aromatic N) is 2. The maximum absolute atomic E-state index is 10.7. The van der Waals surface area contributed by atoms with Crippen LogP contribution in [0.1, 0.15) is 11.5 Å². The van der Waals surface area contributed by atoms with Gasteiger partial charge in [0.1, 0.15) is 12.2 Å². The van der Waals surface area contributed by atoms with Crippen molar-refractivity contribution >= 4 is 11.7 Å². The Hall–Kier alpha value is -2.30. The van der Waals surface area contributed by atoms with Crippen molar-refractivity contribution in [2.45, 2.75) is 13.3 Å². The molecule has 0 bridgehead atoms. The number of nitrogens with one attached hydrogen (secondary N) is 1. The number of aryl methyl sites for hydroxylation is 1. The number of aromatic amines is 1. The van der Waals surface area contributed by atoms with Gasteiger partial charge < -0.3 is 15.0 Å². The fourth-order valence-corrected chi connectivity index (χ4v) is 1.95. The zero-order valence-corrected chi connectivity index (χ0v) is 11.3. The lowest BCUT2D eigenvalue weighted by molar-refractivity contribution is -0.136. The van der Waals surface area contributed by atoms with Gasteiger partial charge in [0.25, 0.3) is 0 Å². The highest BCUT2D eigenvalue weighted by Crippen LogP contribution is 2.23. The molecule has 2 N–H and O–H groups in total. The van der Waals surface area contributed by atoms with Crippen molar-refractivity contribution in [2.24, 2.45) is 0 Å². The number of hydrogen-bond donors (Lipinski definition) is 2. The molecule has 2 aromatic rings. The molecule has 0 aliphatic rings. The highest BCUT2D eigenvalue weighted by molar-refractivity contribution is 5.70. The van der Waals surface area contributed by atoms with Gasteiger partial charge in [-0.05, 0) is 19.1 Å². The molecular weight excluding hydrogens is 242 g/mol. The average molecular weight is 259 g/mol. The Morgan fingerprint density at radius 3 is 2.47 bits per heavy atom. The van der Waals surface area contributed by atoms with Gasteiger partial charge in [-0.3, -0.25) is 4.79 Å². The van der Waals surface area contributed by atoms with Crippen LogP contribution in [0, 0.1) is 6.92 Å². The first kappa shape index (κ1) is 13.1. The number of imidazole rings is 1. The second-order valence-corrected chi connectivity index (χ2v) is 4.67. The summed E-state index contributed by atoms with van der Waals surface area (Å²) >= 11 is 0. The molecule has 5 nitrogen and oxygen atoms in total. The van der Waals surface area contributed by atoms with Gasteiger partial charge in [0.2, 0.25) is 0 Å². The van der Waals surface area contributed by atoms with Crippen molar-refractivity contribution in [2.75, 3.05) is 19.0 Å². The smallest absolute Gasteiger partial charge is 0.311 e. The minimum Gasteiger partial charge on any atom is -0.481 e. The lowest BCUT2D eigenvalue weighted by atomic mass is 10.1. The number of aliphatic carboxylic acids is 1. The van der Waals surface area contributed by atoms with E-state index in [9.17, 15) is 4.79 Å². The van der Waals surface area contributed by atoms with Crippen LogP contribution in [0.15, 0.2) is 24.3 Å². The third kappa shape index (κ3) is 2.93. The van der Waals surface area contributed by atoms with Crippen LogP contribution in [0.25, 0.3) is 11.3 Å². The van der Waals surface area contributed by atoms with E-state index in [1.807, 2.05) is 50.2 Å². The van der Waals surface area contributed by atoms with E-state index in [1.54, 1.807) is 0 Å². The Bertz CT molecular complexity index is 585. The number of benzene rings is 1. The van der Waals surface area contributed by atoms with Gasteiger partial charge in [-0.25, -0.2) is 4.98 Å². The monoisotopic (exact) mass is 259 g/mol. The van der Waals surface area contributed by atoms with Crippen molar-refractivity contribution in [3.63, 3.8) is 0 Å². The minimum absolute atomic E-state index is 0.0867. The van der Waals surface area contributed by atoms with Crippen LogP contribution >= 0.6 is 0 Å². The molecule has 0 aliphatic carbocycles. The third-order valence-electron chi connectivity index (χ3n) is 2.91. The highest BCUT2D eigenvalue weighted by Gasteiger charge is 2.11. The fourth-order valence-electron chi connectivity index (χ4n) is 1.95. The van der Waals surface area contributed by atoms with Gasteiger partial charge in [0.05, 0.1) is 5.69 Å². The number of rotatable bonds is 4. The standard InChI is InChI=1S/C14H17N3O2/c1-9-14(16-12(15-9)8-13(18)19)10-4-6-11(7-5-10)17(2)3/h4-7H,8H2,1-3H3,(H,15,16)(H,18,19). The summed E-state index contributed by atoms with van der Waals surface area (Å²) in [6.45, 7) is 1.90. The first-order chi connectivity index (χ1) is 8.97. The quantitative estimate of drug-likeness (QED) is 0.882. The molecule has 1 aromatic carbocycles. The second-order valence-electron chi connectivity index (χ2n) is 4.67. The first-order valence-electron chi connectivity index (χ1n) is 6.02. The number of hydrogen-bond acceptors (Lipinski definition) is 3. The molecule has 0 saturated carbocycles. The number of anilines is 1. The Balaban J connectivity index is 2.30. The number of aromatic nitrogens is 2. The van der Waals surface area contributed by atoms with E-state index in [0.717, 1.165) is 22.6 Å². The summed E-state index contributed by atoms with van der Waals surface area (Å²) in [7, 11) is 3.97. The summed E-state index contributed by atoms with van der Waals surface area (Å²) in [5.74, 6) is -0.403. The zero-order chi connectivity index (χ0) is 14.0. The lowest BCUT2D eigenvalue weighted by Gasteiger charge is -2.12. The summed E-state index contributed by atoms with van der Waals surface area (Å²) in [6.07, 6.45) is -0.0867. The minimum atomic E-state index is -0.886. The molecule has 0 amide bonds. The van der Waals surface area contributed by atoms with Crippen molar-refractivity contribution < 1.29 is 9.90 Å². The molecule has 1 heterocycles. The van der Waals surface area contributed by atoms with E-state index < -0.39 is 5.97 Å². The summed E-state index contributed by atoms with van der Waals surface area (Å²) in [4.78, 5) is 20.1. The van der Waals surface area contributed by atoms with Gasteiger partial charge >= 0.3 is 5.97 Å². The van der Waals surface area contributed by atoms with E-state index in [-0.39, 0.29) is 6.42 Å². The number of carbonyl (C=O) groups is 1. The molecule has 0 radical (unpaired) electrons. The molecule has 100 valence electrons. The van der Waals surface area contributed by atoms with Crippen LogP contribution in [-0.2, 0) is 11.2 Å². The largest absolute Gasteiger partial charge is 0.481 e. The number of H-pyrrole nitrogens is 1. The Labute approximate surface area is 111 Å². The molecule has 0 spiro atoms. The summed E-state index contributed by atoms with van der Waals surface area (Å²) < 4.78 is 0. The Kier molecular flexibility index (Phi) is 3.55. The Morgan fingerprint density at radius 2 is 1.95 bits per heavy atom. The van der Waals surface area contributed by atoms with Crippen LogP contribution in [0.5, 0.6) is 0 Å². The Morgan fingerprint density at radius 1 is 1.32 bits per heavy atom. The topological polar surface area (TPSA) is 69.2 Å². The highest BCUT2D eigenvalue weighted by atomic mass is 16.4. The molecule has 2 rings (SSSR count). The first-order valence-corrected chi connectivity index (χ1v) is 6.02. The van der Waals surface area contributed by atoms with Gasteiger partial charge in [-0.2, -0.15) is 0 Å². The second kappa shape index (κ2) is 5.14. The molecular formula is C14H17N3O2. The summed E-state index contributed by atoms with van der Waals surface area (Å²) in [6, 6.07) is 8.01. The maximum atomic E-state index is 10.7. The van der Waals surface area contributed by atoms with Gasteiger partial charge in [0, 0.05) is 31.0 Å². The summed E-state index contributed by atoms with van der Waals surface area (Å²) in [5.41, 5.74) is 3.79. The molecule has 0 fully saturated rings.